The van der Waals surface area contributed by atoms with Crippen LogP contribution in [0.25, 0.3) is 10.9 Å². The Balaban J connectivity index is 1.68. The highest BCUT2D eigenvalue weighted by atomic mass is 19.1. The lowest BCUT2D eigenvalue weighted by molar-refractivity contribution is -0.136. The lowest BCUT2D eigenvalue weighted by Crippen LogP contribution is -2.49. The van der Waals surface area contributed by atoms with E-state index in [2.05, 4.69) is 9.97 Å². The summed E-state index contributed by atoms with van der Waals surface area (Å²) in [5, 5.41) is 0.842. The van der Waals surface area contributed by atoms with Gasteiger partial charge in [-0.25, -0.2) is 4.39 Å². The number of carbonyl (C=O) groups excluding carboxylic acids is 1. The number of fused-ring (bicyclic) bond motifs is 1. The summed E-state index contributed by atoms with van der Waals surface area (Å²) in [7, 11) is 0. The van der Waals surface area contributed by atoms with E-state index in [4.69, 9.17) is 4.74 Å². The Kier molecular flexibility index (Phi) is 4.02. The normalized spacial score (nSPS) is 24.5. The van der Waals surface area contributed by atoms with Gasteiger partial charge in [0, 0.05) is 43.5 Å². The number of hydrogen-bond acceptors (Lipinski definition) is 5. The first-order chi connectivity index (χ1) is 11.7. The van der Waals surface area contributed by atoms with Crippen molar-refractivity contribution in [3.05, 3.63) is 30.7 Å². The number of hydrogen-bond donors (Lipinski definition) is 0. The van der Waals surface area contributed by atoms with Crippen molar-refractivity contribution in [1.82, 2.24) is 14.9 Å². The zero-order valence-electron chi connectivity index (χ0n) is 13.3. The van der Waals surface area contributed by atoms with Crippen LogP contribution in [0.1, 0.15) is 6.42 Å². The molecular weight excluding hydrogens is 311 g/mol. The highest BCUT2D eigenvalue weighted by Crippen LogP contribution is 2.32. The Bertz CT molecular complexity index is 745. The molecule has 7 heteroatoms. The van der Waals surface area contributed by atoms with E-state index >= 15 is 0 Å². The van der Waals surface area contributed by atoms with Gasteiger partial charge in [-0.2, -0.15) is 0 Å². The van der Waals surface area contributed by atoms with E-state index < -0.39 is 12.2 Å². The number of rotatable bonds is 2. The molecule has 4 rings (SSSR count). The molecule has 0 aliphatic carbocycles. The van der Waals surface area contributed by atoms with Gasteiger partial charge in [-0.1, -0.05) is 0 Å². The minimum atomic E-state index is -1.01. The van der Waals surface area contributed by atoms with Crippen LogP contribution >= 0.6 is 0 Å². The molecule has 0 bridgehead atoms. The molecule has 2 aromatic heterocycles. The highest BCUT2D eigenvalue weighted by Gasteiger charge is 2.40. The molecule has 0 saturated carbocycles. The molecule has 2 aliphatic heterocycles. The van der Waals surface area contributed by atoms with Gasteiger partial charge in [0.25, 0.3) is 0 Å². The summed E-state index contributed by atoms with van der Waals surface area (Å²) in [6.07, 6.45) is 4.30. The third-order valence-corrected chi connectivity index (χ3v) is 4.69. The molecule has 6 nitrogen and oxygen atoms in total. The SMILES string of the molecule is O=C([C@@H]1C[C@@H](F)CN1c1ccnc2ccncc12)N1CCOCC1. The van der Waals surface area contributed by atoms with Crippen molar-refractivity contribution in [1.29, 1.82) is 0 Å². The van der Waals surface area contributed by atoms with Crippen molar-refractivity contribution in [2.45, 2.75) is 18.6 Å². The summed E-state index contributed by atoms with van der Waals surface area (Å²) in [6.45, 7) is 2.44. The summed E-state index contributed by atoms with van der Waals surface area (Å²) in [5.74, 6) is -0.0210. The standard InChI is InChI=1S/C17H19FN4O2/c18-12-9-16(17(23)21-5-7-24-8-6-21)22(11-12)15-2-4-20-14-1-3-19-10-13(14)15/h1-4,10,12,16H,5-9,11H2/t12-,16+/m1/s1. The summed E-state index contributed by atoms with van der Waals surface area (Å²) in [6, 6.07) is 3.17. The topological polar surface area (TPSA) is 58.6 Å². The number of alkyl halides is 1. The number of halogens is 1. The van der Waals surface area contributed by atoms with Gasteiger partial charge in [0.05, 0.1) is 31.0 Å². The number of carbonyl (C=O) groups is 1. The Morgan fingerprint density at radius 3 is 2.92 bits per heavy atom. The fourth-order valence-electron chi connectivity index (χ4n) is 3.51. The second-order valence-corrected chi connectivity index (χ2v) is 6.16. The van der Waals surface area contributed by atoms with E-state index in [1.54, 1.807) is 23.5 Å². The van der Waals surface area contributed by atoms with Crippen molar-refractivity contribution in [2.24, 2.45) is 0 Å². The maximum Gasteiger partial charge on any atom is 0.245 e. The van der Waals surface area contributed by atoms with E-state index in [0.717, 1.165) is 16.6 Å². The van der Waals surface area contributed by atoms with Crippen LogP contribution < -0.4 is 4.90 Å². The van der Waals surface area contributed by atoms with Crippen molar-refractivity contribution >= 4 is 22.5 Å². The number of ether oxygens (including phenoxy) is 1. The predicted molar refractivity (Wildman–Crippen MR) is 87.6 cm³/mol. The Hall–Kier alpha value is -2.28. The molecule has 0 N–H and O–H groups in total. The van der Waals surface area contributed by atoms with Crippen molar-refractivity contribution < 1.29 is 13.9 Å². The lowest BCUT2D eigenvalue weighted by Gasteiger charge is -2.33. The van der Waals surface area contributed by atoms with Crippen LogP contribution in [0, 0.1) is 0 Å². The van der Waals surface area contributed by atoms with Gasteiger partial charge in [0.2, 0.25) is 5.91 Å². The molecule has 2 aliphatic rings. The van der Waals surface area contributed by atoms with Gasteiger partial charge in [-0.3, -0.25) is 14.8 Å². The van der Waals surface area contributed by atoms with E-state index in [1.165, 1.54) is 0 Å². The molecule has 4 heterocycles. The van der Waals surface area contributed by atoms with E-state index in [-0.39, 0.29) is 18.9 Å². The fourth-order valence-corrected chi connectivity index (χ4v) is 3.51. The highest BCUT2D eigenvalue weighted by molar-refractivity contribution is 5.94. The number of aromatic nitrogens is 2. The smallest absolute Gasteiger partial charge is 0.245 e. The fraction of sp³-hybridized carbons (Fsp3) is 0.471. The van der Waals surface area contributed by atoms with Crippen LogP contribution in [0.5, 0.6) is 0 Å². The minimum absolute atomic E-state index is 0.0210. The molecule has 0 radical (unpaired) electrons. The molecule has 0 unspecified atom stereocenters. The zero-order chi connectivity index (χ0) is 16.5. The Labute approximate surface area is 139 Å². The third kappa shape index (κ3) is 2.69. The lowest BCUT2D eigenvalue weighted by atomic mass is 10.1. The molecule has 24 heavy (non-hydrogen) atoms. The maximum atomic E-state index is 14.2. The predicted octanol–water partition coefficient (Wildman–Crippen LogP) is 1.41. The quantitative estimate of drug-likeness (QED) is 0.833. The zero-order valence-corrected chi connectivity index (χ0v) is 13.3. The van der Waals surface area contributed by atoms with Crippen LogP contribution in [0.4, 0.5) is 10.1 Å². The average molecular weight is 330 g/mol. The number of morpholine rings is 1. The summed E-state index contributed by atoms with van der Waals surface area (Å²) < 4.78 is 19.5. The molecule has 0 spiro atoms. The Morgan fingerprint density at radius 1 is 1.25 bits per heavy atom. The first kappa shape index (κ1) is 15.3. The monoisotopic (exact) mass is 330 g/mol. The molecule has 2 atom stereocenters. The van der Waals surface area contributed by atoms with Gasteiger partial charge in [-0.05, 0) is 12.1 Å². The molecule has 1 amide bonds. The van der Waals surface area contributed by atoms with Gasteiger partial charge >= 0.3 is 0 Å². The number of pyridine rings is 2. The summed E-state index contributed by atoms with van der Waals surface area (Å²) in [5.41, 5.74) is 1.61. The van der Waals surface area contributed by atoms with Crippen LogP contribution in [0.3, 0.4) is 0 Å². The molecular formula is C17H19FN4O2. The van der Waals surface area contributed by atoms with E-state index in [0.29, 0.717) is 26.3 Å². The third-order valence-electron chi connectivity index (χ3n) is 4.69. The molecule has 2 fully saturated rings. The first-order valence-electron chi connectivity index (χ1n) is 8.20. The van der Waals surface area contributed by atoms with Gasteiger partial charge in [0.1, 0.15) is 12.2 Å². The van der Waals surface area contributed by atoms with Crippen LogP contribution in [-0.2, 0) is 9.53 Å². The first-order valence-corrected chi connectivity index (χ1v) is 8.20. The van der Waals surface area contributed by atoms with Crippen LogP contribution in [0.15, 0.2) is 30.7 Å². The van der Waals surface area contributed by atoms with Crippen molar-refractivity contribution in [3.63, 3.8) is 0 Å². The molecule has 2 aromatic rings. The minimum Gasteiger partial charge on any atom is -0.378 e. The number of amides is 1. The van der Waals surface area contributed by atoms with E-state index in [9.17, 15) is 9.18 Å². The largest absolute Gasteiger partial charge is 0.378 e. The van der Waals surface area contributed by atoms with Gasteiger partial charge in [0.15, 0.2) is 0 Å². The maximum absolute atomic E-state index is 14.2. The summed E-state index contributed by atoms with van der Waals surface area (Å²) in [4.78, 5) is 25.0. The van der Waals surface area contributed by atoms with E-state index in [1.807, 2.05) is 17.0 Å². The van der Waals surface area contributed by atoms with Crippen LogP contribution in [0.2, 0.25) is 0 Å². The summed E-state index contributed by atoms with van der Waals surface area (Å²) >= 11 is 0. The second kappa shape index (κ2) is 6.32. The average Bonchev–Trinajstić information content (AvgIpc) is 3.03. The van der Waals surface area contributed by atoms with Crippen molar-refractivity contribution in [2.75, 3.05) is 37.7 Å². The second-order valence-electron chi connectivity index (χ2n) is 6.16. The molecule has 2 saturated heterocycles. The number of anilines is 1. The molecule has 126 valence electrons. The van der Waals surface area contributed by atoms with Gasteiger partial charge < -0.3 is 14.5 Å². The molecule has 0 aromatic carbocycles. The Morgan fingerprint density at radius 2 is 2.08 bits per heavy atom. The van der Waals surface area contributed by atoms with Gasteiger partial charge in [-0.15, -0.1) is 0 Å². The van der Waals surface area contributed by atoms with Crippen molar-refractivity contribution in [3.8, 4) is 0 Å². The van der Waals surface area contributed by atoms with Crippen LogP contribution in [-0.4, -0.2) is 65.8 Å². The number of nitrogens with zero attached hydrogens (tertiary/aromatic N) is 4.